The number of nitrogens with two attached hydrogens (primary N) is 1. The Balaban J connectivity index is 3.02. The van der Waals surface area contributed by atoms with Gasteiger partial charge in [-0.1, -0.05) is 0 Å². The lowest BCUT2D eigenvalue weighted by atomic mass is 10.5. The van der Waals surface area contributed by atoms with Crippen LogP contribution in [-0.2, 0) is 0 Å². The van der Waals surface area contributed by atoms with Crippen molar-refractivity contribution >= 4 is 5.69 Å². The van der Waals surface area contributed by atoms with E-state index >= 15 is 0 Å². The first kappa shape index (κ1) is 4.05. The van der Waals surface area contributed by atoms with E-state index in [-0.39, 0.29) is 0 Å². The van der Waals surface area contributed by atoms with Crippen molar-refractivity contribution in [3.63, 3.8) is 0 Å². The quantitative estimate of drug-likeness (QED) is 0.486. The molecule has 0 aliphatic carbocycles. The van der Waals surface area contributed by atoms with Gasteiger partial charge in [-0.15, -0.1) is 5.10 Å². The molecule has 0 aliphatic rings. The van der Waals surface area contributed by atoms with E-state index < -0.39 is 0 Å². The predicted molar refractivity (Wildman–Crippen MR) is 25.3 cm³/mol. The molecule has 7 heavy (non-hydrogen) atoms. The van der Waals surface area contributed by atoms with E-state index in [9.17, 15) is 0 Å². The highest BCUT2D eigenvalue weighted by atomic mass is 15.1. The van der Waals surface area contributed by atoms with E-state index in [1.165, 1.54) is 6.20 Å². The molecule has 1 aromatic heterocycles. The zero-order chi connectivity index (χ0) is 5.11. The number of nitrogen functional groups attached to an aromatic ring is 1. The van der Waals surface area contributed by atoms with E-state index in [0.717, 1.165) is 0 Å². The first-order valence-electron chi connectivity index (χ1n) is 1.84. The van der Waals surface area contributed by atoms with Crippen LogP contribution in [0.2, 0.25) is 0 Å². The minimum atomic E-state index is 0.523. The van der Waals surface area contributed by atoms with Crippen LogP contribution in [0.5, 0.6) is 0 Å². The average Bonchev–Trinajstić information content (AvgIpc) is 1.69. The van der Waals surface area contributed by atoms with Crippen molar-refractivity contribution in [2.75, 3.05) is 5.73 Å². The summed E-state index contributed by atoms with van der Waals surface area (Å²) in [4.78, 5) is 0. The van der Waals surface area contributed by atoms with Crippen molar-refractivity contribution in [1.29, 1.82) is 0 Å². The standard InChI is InChI=1S/C4H4N3/c5-4-1-2-6-7-3-4/h1-2H,(H2,5,6). The van der Waals surface area contributed by atoms with Crippen LogP contribution in [0.1, 0.15) is 0 Å². The van der Waals surface area contributed by atoms with Crippen molar-refractivity contribution in [1.82, 2.24) is 10.2 Å². The predicted octanol–water partition coefficient (Wildman–Crippen LogP) is -0.141. The zero-order valence-corrected chi connectivity index (χ0v) is 3.63. The first-order valence-corrected chi connectivity index (χ1v) is 1.84. The molecule has 1 rings (SSSR count). The molecule has 0 aliphatic heterocycles. The summed E-state index contributed by atoms with van der Waals surface area (Å²) in [6, 6.07) is 1.63. The van der Waals surface area contributed by atoms with Crippen LogP contribution >= 0.6 is 0 Å². The molecule has 1 heterocycles. The van der Waals surface area contributed by atoms with Gasteiger partial charge in [-0.2, -0.15) is 5.10 Å². The zero-order valence-electron chi connectivity index (χ0n) is 3.63. The third kappa shape index (κ3) is 0.855. The number of hydrogen-bond acceptors (Lipinski definition) is 3. The Hall–Kier alpha value is -1.12. The highest BCUT2D eigenvalue weighted by molar-refractivity contribution is 5.29. The van der Waals surface area contributed by atoms with Gasteiger partial charge in [0, 0.05) is 0 Å². The lowest BCUT2D eigenvalue weighted by Gasteiger charge is -1.80. The highest BCUT2D eigenvalue weighted by Crippen LogP contribution is 1.88. The lowest BCUT2D eigenvalue weighted by molar-refractivity contribution is 1.03. The molecule has 3 heteroatoms. The van der Waals surface area contributed by atoms with Crippen LogP contribution in [-0.4, -0.2) is 10.2 Å². The second-order valence-corrected chi connectivity index (χ2v) is 1.10. The summed E-state index contributed by atoms with van der Waals surface area (Å²) in [7, 11) is 0. The Labute approximate surface area is 41.2 Å². The number of aromatic nitrogens is 2. The summed E-state index contributed by atoms with van der Waals surface area (Å²) in [6.45, 7) is 0. The van der Waals surface area contributed by atoms with Crippen LogP contribution in [0, 0.1) is 6.20 Å². The van der Waals surface area contributed by atoms with Gasteiger partial charge in [0.1, 0.15) is 6.20 Å². The van der Waals surface area contributed by atoms with Gasteiger partial charge in [0.15, 0.2) is 0 Å². The Bertz CT molecular complexity index is 137. The summed E-state index contributed by atoms with van der Waals surface area (Å²) in [5.41, 5.74) is 5.72. The molecule has 0 fully saturated rings. The van der Waals surface area contributed by atoms with Crippen molar-refractivity contribution in [3.8, 4) is 0 Å². The molecule has 0 atom stereocenters. The van der Waals surface area contributed by atoms with E-state index in [0.29, 0.717) is 5.69 Å². The Kier molecular flexibility index (Phi) is 0.898. The van der Waals surface area contributed by atoms with Crippen LogP contribution in [0.3, 0.4) is 0 Å². The maximum atomic E-state index is 5.20. The molecule has 1 aromatic rings. The number of hydrogen-bond donors (Lipinski definition) is 1. The molecular formula is C4H4N3. The van der Waals surface area contributed by atoms with Crippen molar-refractivity contribution < 1.29 is 0 Å². The van der Waals surface area contributed by atoms with E-state index in [1.807, 2.05) is 0 Å². The van der Waals surface area contributed by atoms with Gasteiger partial charge >= 0.3 is 0 Å². The SMILES string of the molecule is Nc1[c]nncc1. The molecule has 0 amide bonds. The average molecular weight is 94.1 g/mol. The fraction of sp³-hybridized carbons (Fsp3) is 0. The van der Waals surface area contributed by atoms with Crippen molar-refractivity contribution in [2.45, 2.75) is 0 Å². The van der Waals surface area contributed by atoms with Crippen molar-refractivity contribution in [3.05, 3.63) is 18.5 Å². The molecule has 0 unspecified atom stereocenters. The van der Waals surface area contributed by atoms with Gasteiger partial charge < -0.3 is 5.73 Å². The van der Waals surface area contributed by atoms with E-state index in [1.54, 1.807) is 6.07 Å². The minimum absolute atomic E-state index is 0.523. The summed E-state index contributed by atoms with van der Waals surface area (Å²) >= 11 is 0. The van der Waals surface area contributed by atoms with Crippen LogP contribution < -0.4 is 5.73 Å². The lowest BCUT2D eigenvalue weighted by Crippen LogP contribution is -1.86. The van der Waals surface area contributed by atoms with Gasteiger partial charge in [-0.3, -0.25) is 0 Å². The number of nitrogens with zero attached hydrogens (tertiary/aromatic N) is 2. The molecule has 0 bridgehead atoms. The highest BCUT2D eigenvalue weighted by Gasteiger charge is 1.76. The Morgan fingerprint density at radius 3 is 2.86 bits per heavy atom. The van der Waals surface area contributed by atoms with Crippen LogP contribution in [0.15, 0.2) is 12.3 Å². The molecule has 1 radical (unpaired) electrons. The van der Waals surface area contributed by atoms with Crippen LogP contribution in [0.4, 0.5) is 5.69 Å². The molecule has 35 valence electrons. The molecule has 0 aromatic carbocycles. The van der Waals surface area contributed by atoms with E-state index in [4.69, 9.17) is 5.73 Å². The van der Waals surface area contributed by atoms with E-state index in [2.05, 4.69) is 16.4 Å². The summed E-state index contributed by atoms with van der Waals surface area (Å²) in [6.07, 6.45) is 3.97. The largest absolute Gasteiger partial charge is 0.397 e. The number of rotatable bonds is 0. The summed E-state index contributed by atoms with van der Waals surface area (Å²) in [5.74, 6) is 0. The Morgan fingerprint density at radius 2 is 2.57 bits per heavy atom. The van der Waals surface area contributed by atoms with Gasteiger partial charge in [0.2, 0.25) is 0 Å². The topological polar surface area (TPSA) is 51.8 Å². The van der Waals surface area contributed by atoms with Gasteiger partial charge in [-0.25, -0.2) is 0 Å². The van der Waals surface area contributed by atoms with Gasteiger partial charge in [0.25, 0.3) is 0 Å². The maximum Gasteiger partial charge on any atom is 0.138 e. The molecule has 0 spiro atoms. The minimum Gasteiger partial charge on any atom is -0.397 e. The molecule has 2 N–H and O–H groups in total. The molecular weight excluding hydrogens is 90.1 g/mol. The summed E-state index contributed by atoms with van der Waals surface area (Å²) < 4.78 is 0. The normalized spacial score (nSPS) is 8.57. The second kappa shape index (κ2) is 1.55. The fourth-order valence-electron chi connectivity index (χ4n) is 0.271. The smallest absolute Gasteiger partial charge is 0.138 e. The molecule has 3 nitrogen and oxygen atoms in total. The maximum absolute atomic E-state index is 5.20. The third-order valence-electron chi connectivity index (χ3n) is 0.558. The third-order valence-corrected chi connectivity index (χ3v) is 0.558. The fourth-order valence-corrected chi connectivity index (χ4v) is 0.271. The number of anilines is 1. The summed E-state index contributed by atoms with van der Waals surface area (Å²) in [5, 5.41) is 6.84. The second-order valence-electron chi connectivity index (χ2n) is 1.10. The Morgan fingerprint density at radius 1 is 1.71 bits per heavy atom. The van der Waals surface area contributed by atoms with Gasteiger partial charge in [-0.05, 0) is 6.07 Å². The van der Waals surface area contributed by atoms with Crippen LogP contribution in [0.25, 0.3) is 0 Å². The monoisotopic (exact) mass is 94.0 g/mol. The van der Waals surface area contributed by atoms with Gasteiger partial charge in [0.05, 0.1) is 11.9 Å². The first-order chi connectivity index (χ1) is 3.39. The molecule has 0 saturated heterocycles. The van der Waals surface area contributed by atoms with Crippen molar-refractivity contribution in [2.24, 2.45) is 0 Å². The molecule has 0 saturated carbocycles.